The zero-order chi connectivity index (χ0) is 23.3. The van der Waals surface area contributed by atoms with Crippen LogP contribution in [0.25, 0.3) is 10.6 Å². The van der Waals surface area contributed by atoms with Crippen LogP contribution < -0.4 is 5.32 Å². The van der Waals surface area contributed by atoms with Gasteiger partial charge in [0.2, 0.25) is 0 Å². The highest BCUT2D eigenvalue weighted by molar-refractivity contribution is 7.13. The summed E-state index contributed by atoms with van der Waals surface area (Å²) in [6.07, 6.45) is 8.03. The van der Waals surface area contributed by atoms with E-state index in [1.165, 1.54) is 43.5 Å². The SMILES string of the molecule is O=C(NCCc1csc(-c2ccc(F)c(C34CC5CC(CC(C5)C3)C4)c2)n1)c1ccc(F)cc1. The molecule has 6 heteroatoms. The largest absolute Gasteiger partial charge is 0.352 e. The fraction of sp³-hybridized carbons (Fsp3) is 0.429. The van der Waals surface area contributed by atoms with E-state index < -0.39 is 0 Å². The topological polar surface area (TPSA) is 42.0 Å². The van der Waals surface area contributed by atoms with Gasteiger partial charge in [-0.15, -0.1) is 11.3 Å². The Labute approximate surface area is 202 Å². The summed E-state index contributed by atoms with van der Waals surface area (Å²) in [5.41, 5.74) is 3.25. The Kier molecular flexibility index (Phi) is 5.51. The van der Waals surface area contributed by atoms with Crippen LogP contribution in [0.4, 0.5) is 8.78 Å². The molecule has 34 heavy (non-hydrogen) atoms. The first kappa shape index (κ1) is 21.9. The molecule has 1 aromatic heterocycles. The summed E-state index contributed by atoms with van der Waals surface area (Å²) >= 11 is 1.56. The molecular weight excluding hydrogens is 450 g/mol. The summed E-state index contributed by atoms with van der Waals surface area (Å²) in [6, 6.07) is 11.1. The Morgan fingerprint density at radius 2 is 1.68 bits per heavy atom. The Hall–Kier alpha value is -2.60. The van der Waals surface area contributed by atoms with E-state index in [1.54, 1.807) is 17.4 Å². The van der Waals surface area contributed by atoms with Gasteiger partial charge in [0.1, 0.15) is 16.6 Å². The summed E-state index contributed by atoms with van der Waals surface area (Å²) in [7, 11) is 0. The molecule has 4 aliphatic rings. The molecule has 0 saturated heterocycles. The monoisotopic (exact) mass is 478 g/mol. The average molecular weight is 479 g/mol. The molecule has 0 atom stereocenters. The Balaban J connectivity index is 1.15. The van der Waals surface area contributed by atoms with Crippen molar-refractivity contribution in [3.63, 3.8) is 0 Å². The number of hydrogen-bond acceptors (Lipinski definition) is 3. The third-order valence-corrected chi connectivity index (χ3v) is 9.09. The number of halogens is 2. The van der Waals surface area contributed by atoms with E-state index >= 15 is 4.39 Å². The maximum absolute atomic E-state index is 15.1. The molecule has 1 amide bonds. The van der Waals surface area contributed by atoms with E-state index in [-0.39, 0.29) is 23.0 Å². The molecule has 3 aromatic rings. The minimum atomic E-state index is -0.362. The van der Waals surface area contributed by atoms with Gasteiger partial charge in [-0.2, -0.15) is 0 Å². The van der Waals surface area contributed by atoms with E-state index in [9.17, 15) is 9.18 Å². The van der Waals surface area contributed by atoms with Crippen molar-refractivity contribution in [2.75, 3.05) is 6.54 Å². The smallest absolute Gasteiger partial charge is 0.251 e. The van der Waals surface area contributed by atoms with Gasteiger partial charge in [0.05, 0.1) is 5.69 Å². The van der Waals surface area contributed by atoms with E-state index in [0.29, 0.717) is 18.5 Å². The van der Waals surface area contributed by atoms with Crippen molar-refractivity contribution in [3.05, 3.63) is 76.3 Å². The average Bonchev–Trinajstić information content (AvgIpc) is 3.28. The van der Waals surface area contributed by atoms with Crippen molar-refractivity contribution >= 4 is 17.2 Å². The summed E-state index contributed by atoms with van der Waals surface area (Å²) in [6.45, 7) is 0.446. The van der Waals surface area contributed by atoms with Crippen molar-refractivity contribution in [2.24, 2.45) is 17.8 Å². The van der Waals surface area contributed by atoms with Crippen LogP contribution in [0.3, 0.4) is 0 Å². The van der Waals surface area contributed by atoms with Gasteiger partial charge in [0.15, 0.2) is 0 Å². The number of nitrogens with one attached hydrogen (secondary N) is 1. The molecule has 1 N–H and O–H groups in total. The van der Waals surface area contributed by atoms with Gasteiger partial charge in [0.25, 0.3) is 5.91 Å². The quantitative estimate of drug-likeness (QED) is 0.438. The minimum Gasteiger partial charge on any atom is -0.352 e. The van der Waals surface area contributed by atoms with E-state index in [2.05, 4.69) is 11.4 Å². The second-order valence-electron chi connectivity index (χ2n) is 10.5. The van der Waals surface area contributed by atoms with Crippen LogP contribution in [0.1, 0.15) is 60.1 Å². The molecule has 7 rings (SSSR count). The van der Waals surface area contributed by atoms with Crippen molar-refractivity contribution in [2.45, 2.75) is 50.4 Å². The number of thiazole rings is 1. The number of benzene rings is 2. The molecule has 0 radical (unpaired) electrons. The summed E-state index contributed by atoms with van der Waals surface area (Å²) in [5, 5.41) is 5.76. The van der Waals surface area contributed by atoms with Crippen LogP contribution in [-0.4, -0.2) is 17.4 Å². The number of nitrogens with zero attached hydrogens (tertiary/aromatic N) is 1. The number of carbonyl (C=O) groups is 1. The normalized spacial score (nSPS) is 27.2. The summed E-state index contributed by atoms with van der Waals surface area (Å²) in [4.78, 5) is 17.0. The summed E-state index contributed by atoms with van der Waals surface area (Å²) in [5.74, 6) is 1.65. The van der Waals surface area contributed by atoms with Gasteiger partial charge in [-0.3, -0.25) is 4.79 Å². The lowest BCUT2D eigenvalue weighted by atomic mass is 9.48. The maximum atomic E-state index is 15.1. The van der Waals surface area contributed by atoms with Crippen molar-refractivity contribution in [1.29, 1.82) is 0 Å². The van der Waals surface area contributed by atoms with Gasteiger partial charge >= 0.3 is 0 Å². The second kappa shape index (κ2) is 8.56. The van der Waals surface area contributed by atoms with Gasteiger partial charge in [-0.05, 0) is 110 Å². The highest BCUT2D eigenvalue weighted by atomic mass is 32.1. The van der Waals surface area contributed by atoms with Crippen LogP contribution in [0.15, 0.2) is 47.8 Å². The standard InChI is InChI=1S/C28H28F2N2OS/c29-22-4-1-20(2-5-22)26(33)31-8-7-23-16-34-27(32-23)21-3-6-25(30)24(12-21)28-13-17-9-18(14-28)11-19(10-17)15-28/h1-6,12,16-19H,7-11,13-15H2,(H,31,33). The molecule has 4 saturated carbocycles. The Morgan fingerprint density at radius 1 is 1.00 bits per heavy atom. The van der Waals surface area contributed by atoms with Crippen molar-refractivity contribution < 1.29 is 13.6 Å². The fourth-order valence-corrected chi connectivity index (χ4v) is 7.92. The molecule has 0 unspecified atom stereocenters. The lowest BCUT2D eigenvalue weighted by Crippen LogP contribution is -2.48. The van der Waals surface area contributed by atoms with Crippen LogP contribution >= 0.6 is 11.3 Å². The molecule has 2 aromatic carbocycles. The molecule has 3 nitrogen and oxygen atoms in total. The van der Waals surface area contributed by atoms with Crippen LogP contribution in [0.5, 0.6) is 0 Å². The van der Waals surface area contributed by atoms with Crippen LogP contribution in [-0.2, 0) is 11.8 Å². The van der Waals surface area contributed by atoms with Crippen molar-refractivity contribution in [3.8, 4) is 10.6 Å². The third-order valence-electron chi connectivity index (χ3n) is 8.15. The summed E-state index contributed by atoms with van der Waals surface area (Å²) < 4.78 is 28.2. The van der Waals surface area contributed by atoms with Crippen LogP contribution in [0.2, 0.25) is 0 Å². The zero-order valence-corrected chi connectivity index (χ0v) is 19.8. The predicted octanol–water partition coefficient (Wildman–Crippen LogP) is 6.53. The first-order chi connectivity index (χ1) is 16.5. The van der Waals surface area contributed by atoms with E-state index in [1.807, 2.05) is 11.4 Å². The third kappa shape index (κ3) is 4.06. The minimum absolute atomic E-state index is 0.0135. The maximum Gasteiger partial charge on any atom is 0.251 e. The molecule has 0 aliphatic heterocycles. The first-order valence-corrected chi connectivity index (χ1v) is 13.1. The Bertz CT molecular complexity index is 1180. The zero-order valence-electron chi connectivity index (χ0n) is 19.0. The van der Waals surface area contributed by atoms with Gasteiger partial charge in [-0.1, -0.05) is 0 Å². The number of rotatable bonds is 6. The Morgan fingerprint density at radius 3 is 2.35 bits per heavy atom. The van der Waals surface area contributed by atoms with Gasteiger partial charge in [-0.25, -0.2) is 13.8 Å². The number of amides is 1. The number of carbonyl (C=O) groups excluding carboxylic acids is 1. The molecule has 4 fully saturated rings. The van der Waals surface area contributed by atoms with Gasteiger partial charge in [0, 0.05) is 29.5 Å². The first-order valence-electron chi connectivity index (χ1n) is 12.3. The highest BCUT2D eigenvalue weighted by Gasteiger charge is 2.52. The lowest BCUT2D eigenvalue weighted by molar-refractivity contribution is -0.00672. The molecular formula is C28H28F2N2OS. The van der Waals surface area contributed by atoms with Gasteiger partial charge < -0.3 is 5.32 Å². The van der Waals surface area contributed by atoms with E-state index in [0.717, 1.165) is 58.8 Å². The molecule has 4 aliphatic carbocycles. The molecule has 1 heterocycles. The number of aromatic nitrogens is 1. The second-order valence-corrected chi connectivity index (χ2v) is 11.4. The predicted molar refractivity (Wildman–Crippen MR) is 130 cm³/mol. The van der Waals surface area contributed by atoms with Crippen molar-refractivity contribution in [1.82, 2.24) is 10.3 Å². The lowest BCUT2D eigenvalue weighted by Gasteiger charge is -2.57. The molecule has 0 spiro atoms. The fourth-order valence-electron chi connectivity index (χ4n) is 7.07. The highest BCUT2D eigenvalue weighted by Crippen LogP contribution is 2.61. The molecule has 176 valence electrons. The van der Waals surface area contributed by atoms with E-state index in [4.69, 9.17) is 4.98 Å². The number of hydrogen-bond donors (Lipinski definition) is 1. The molecule has 4 bridgehead atoms. The van der Waals surface area contributed by atoms with Crippen LogP contribution in [0, 0.1) is 29.4 Å².